The van der Waals surface area contributed by atoms with Crippen LogP contribution in [0.15, 0.2) is 4.52 Å². The molecule has 0 bridgehead atoms. The molecule has 1 aromatic rings. The van der Waals surface area contributed by atoms with E-state index in [1.54, 1.807) is 13.8 Å². The van der Waals surface area contributed by atoms with Gasteiger partial charge in [-0.1, -0.05) is 18.0 Å². The molecule has 0 spiro atoms. The number of aromatic nitrogens is 2. The zero-order valence-electron chi connectivity index (χ0n) is 12.4. The van der Waals surface area contributed by atoms with E-state index in [1.807, 2.05) is 0 Å². The maximum absolute atomic E-state index is 12.0. The third kappa shape index (κ3) is 3.59. The van der Waals surface area contributed by atoms with Gasteiger partial charge in [-0.05, 0) is 26.7 Å². The topological polar surface area (TPSA) is 105 Å². The van der Waals surface area contributed by atoms with Crippen LogP contribution in [-0.2, 0) is 16.0 Å². The van der Waals surface area contributed by atoms with E-state index < -0.39 is 11.4 Å². The van der Waals surface area contributed by atoms with Crippen LogP contribution in [-0.4, -0.2) is 33.2 Å². The van der Waals surface area contributed by atoms with E-state index in [-0.39, 0.29) is 18.4 Å². The van der Waals surface area contributed by atoms with Crippen LogP contribution in [0.1, 0.15) is 50.7 Å². The molecule has 1 aliphatic carbocycles. The number of carboxylic acid groups (broad SMARTS) is 1. The molecule has 1 amide bonds. The predicted molar refractivity (Wildman–Crippen MR) is 73.5 cm³/mol. The van der Waals surface area contributed by atoms with Crippen molar-refractivity contribution in [2.75, 3.05) is 0 Å². The van der Waals surface area contributed by atoms with Crippen LogP contribution in [0.25, 0.3) is 0 Å². The molecule has 0 saturated heterocycles. The van der Waals surface area contributed by atoms with E-state index in [0.717, 1.165) is 12.8 Å². The van der Waals surface area contributed by atoms with Gasteiger partial charge in [0.2, 0.25) is 11.8 Å². The second-order valence-corrected chi connectivity index (χ2v) is 5.82. The monoisotopic (exact) mass is 295 g/mol. The van der Waals surface area contributed by atoms with E-state index in [2.05, 4.69) is 15.5 Å². The van der Waals surface area contributed by atoms with Gasteiger partial charge >= 0.3 is 5.97 Å². The van der Waals surface area contributed by atoms with Crippen molar-refractivity contribution in [1.82, 2.24) is 15.5 Å². The van der Waals surface area contributed by atoms with Crippen LogP contribution in [0.4, 0.5) is 0 Å². The summed E-state index contributed by atoms with van der Waals surface area (Å²) in [5, 5.41) is 15.9. The largest absolute Gasteiger partial charge is 0.481 e. The number of carbonyl (C=O) groups is 2. The number of hydrogen-bond donors (Lipinski definition) is 2. The van der Waals surface area contributed by atoms with Gasteiger partial charge in [-0.3, -0.25) is 9.59 Å². The lowest BCUT2D eigenvalue weighted by molar-refractivity contribution is -0.152. The third-order valence-corrected chi connectivity index (χ3v) is 4.17. The van der Waals surface area contributed by atoms with Gasteiger partial charge in [0.05, 0.1) is 5.41 Å². The van der Waals surface area contributed by atoms with Crippen molar-refractivity contribution < 1.29 is 19.2 Å². The van der Waals surface area contributed by atoms with E-state index in [4.69, 9.17) is 4.52 Å². The first-order chi connectivity index (χ1) is 9.91. The summed E-state index contributed by atoms with van der Waals surface area (Å²) in [6.45, 7) is 3.42. The average molecular weight is 295 g/mol. The molecule has 0 radical (unpaired) electrons. The highest BCUT2D eigenvalue weighted by atomic mass is 16.5. The second kappa shape index (κ2) is 6.24. The van der Waals surface area contributed by atoms with E-state index >= 15 is 0 Å². The zero-order valence-corrected chi connectivity index (χ0v) is 12.4. The minimum Gasteiger partial charge on any atom is -0.481 e. The molecule has 0 aromatic carbocycles. The number of nitrogens with zero attached hydrogens (tertiary/aromatic N) is 2. The lowest BCUT2D eigenvalue weighted by atomic mass is 9.71. The number of carboxylic acids is 1. The molecule has 7 heteroatoms. The Bertz CT molecular complexity index is 528. The Labute approximate surface area is 123 Å². The van der Waals surface area contributed by atoms with Crippen LogP contribution < -0.4 is 5.32 Å². The van der Waals surface area contributed by atoms with Crippen molar-refractivity contribution in [2.45, 2.75) is 58.4 Å². The predicted octanol–water partition coefficient (Wildman–Crippen LogP) is 1.46. The lowest BCUT2D eigenvalue weighted by Gasteiger charge is -2.38. The summed E-state index contributed by atoms with van der Waals surface area (Å²) < 4.78 is 4.95. The normalized spacial score (nSPS) is 25.5. The second-order valence-electron chi connectivity index (χ2n) is 5.82. The smallest absolute Gasteiger partial charge is 0.311 e. The van der Waals surface area contributed by atoms with Gasteiger partial charge in [-0.2, -0.15) is 4.98 Å². The first kappa shape index (κ1) is 15.5. The molecule has 2 N–H and O–H groups in total. The highest BCUT2D eigenvalue weighted by Gasteiger charge is 2.43. The van der Waals surface area contributed by atoms with Crippen molar-refractivity contribution in [3.05, 3.63) is 11.7 Å². The molecule has 1 heterocycles. The van der Waals surface area contributed by atoms with Crippen molar-refractivity contribution in [1.29, 1.82) is 0 Å². The third-order valence-electron chi connectivity index (χ3n) is 4.17. The molecule has 0 aliphatic heterocycles. The fraction of sp³-hybridized carbons (Fsp3) is 0.714. The van der Waals surface area contributed by atoms with Crippen molar-refractivity contribution in [3.8, 4) is 0 Å². The SMILES string of the molecule is Cc1noc(CCC(=O)NC2CCCCC2(C)C(=O)O)n1. The van der Waals surface area contributed by atoms with E-state index in [9.17, 15) is 14.7 Å². The summed E-state index contributed by atoms with van der Waals surface area (Å²) in [4.78, 5) is 27.5. The van der Waals surface area contributed by atoms with Crippen LogP contribution in [0.2, 0.25) is 0 Å². The number of nitrogens with one attached hydrogen (secondary N) is 1. The van der Waals surface area contributed by atoms with Crippen LogP contribution in [0, 0.1) is 12.3 Å². The molecular formula is C14H21N3O4. The molecule has 2 rings (SSSR count). The molecule has 2 atom stereocenters. The molecule has 116 valence electrons. The van der Waals surface area contributed by atoms with Gasteiger partial charge in [0.25, 0.3) is 0 Å². The number of rotatable bonds is 5. The van der Waals surface area contributed by atoms with Gasteiger partial charge in [0.1, 0.15) is 0 Å². The maximum atomic E-state index is 12.0. The summed E-state index contributed by atoms with van der Waals surface area (Å²) >= 11 is 0. The fourth-order valence-electron chi connectivity index (χ4n) is 2.75. The number of amides is 1. The Hall–Kier alpha value is -1.92. The molecule has 21 heavy (non-hydrogen) atoms. The van der Waals surface area contributed by atoms with Gasteiger partial charge in [0.15, 0.2) is 5.82 Å². The van der Waals surface area contributed by atoms with Gasteiger partial charge in [-0.15, -0.1) is 0 Å². The van der Waals surface area contributed by atoms with Crippen molar-refractivity contribution >= 4 is 11.9 Å². The maximum Gasteiger partial charge on any atom is 0.311 e. The number of hydrogen-bond acceptors (Lipinski definition) is 5. The molecular weight excluding hydrogens is 274 g/mol. The molecule has 2 unspecified atom stereocenters. The van der Waals surface area contributed by atoms with Crippen LogP contribution in [0.5, 0.6) is 0 Å². The Morgan fingerprint density at radius 1 is 1.48 bits per heavy atom. The summed E-state index contributed by atoms with van der Waals surface area (Å²) in [7, 11) is 0. The summed E-state index contributed by atoms with van der Waals surface area (Å²) in [5.74, 6) is -0.0614. The average Bonchev–Trinajstić information content (AvgIpc) is 2.85. The molecule has 1 aromatic heterocycles. The van der Waals surface area contributed by atoms with Crippen molar-refractivity contribution in [2.24, 2.45) is 5.41 Å². The first-order valence-corrected chi connectivity index (χ1v) is 7.24. The molecule has 1 saturated carbocycles. The van der Waals surface area contributed by atoms with E-state index in [0.29, 0.717) is 31.0 Å². The highest BCUT2D eigenvalue weighted by Crippen LogP contribution is 2.36. The quantitative estimate of drug-likeness (QED) is 0.852. The lowest BCUT2D eigenvalue weighted by Crippen LogP contribution is -2.52. The van der Waals surface area contributed by atoms with Crippen LogP contribution >= 0.6 is 0 Å². The zero-order chi connectivity index (χ0) is 15.5. The summed E-state index contributed by atoms with van der Waals surface area (Å²) in [5.41, 5.74) is -0.880. The molecule has 1 fully saturated rings. The molecule has 1 aliphatic rings. The Balaban J connectivity index is 1.90. The number of aliphatic carboxylic acids is 1. The summed E-state index contributed by atoms with van der Waals surface area (Å²) in [6, 6.07) is -0.319. The summed E-state index contributed by atoms with van der Waals surface area (Å²) in [6.07, 6.45) is 3.70. The fourth-order valence-corrected chi connectivity index (χ4v) is 2.75. The Kier molecular flexibility index (Phi) is 4.59. The van der Waals surface area contributed by atoms with E-state index in [1.165, 1.54) is 0 Å². The minimum absolute atomic E-state index is 0.176. The Morgan fingerprint density at radius 2 is 2.24 bits per heavy atom. The van der Waals surface area contributed by atoms with Gasteiger partial charge < -0.3 is 14.9 Å². The highest BCUT2D eigenvalue weighted by molar-refractivity contribution is 5.80. The first-order valence-electron chi connectivity index (χ1n) is 7.24. The van der Waals surface area contributed by atoms with Crippen molar-refractivity contribution in [3.63, 3.8) is 0 Å². The van der Waals surface area contributed by atoms with Gasteiger partial charge in [-0.25, -0.2) is 0 Å². The van der Waals surface area contributed by atoms with Crippen LogP contribution in [0.3, 0.4) is 0 Å². The number of carbonyl (C=O) groups excluding carboxylic acids is 1. The standard InChI is InChI=1S/C14H21N3O4/c1-9-15-12(21-17-9)7-6-11(18)16-10-5-3-4-8-14(10,2)13(19)20/h10H,3-8H2,1-2H3,(H,16,18)(H,19,20). The molecule has 7 nitrogen and oxygen atoms in total. The minimum atomic E-state index is -0.880. The Morgan fingerprint density at radius 3 is 2.86 bits per heavy atom. The number of aryl methyl sites for hydroxylation is 2. The van der Waals surface area contributed by atoms with Gasteiger partial charge in [0, 0.05) is 18.9 Å².